The lowest BCUT2D eigenvalue weighted by molar-refractivity contribution is 0.0773. The van der Waals surface area contributed by atoms with Crippen LogP contribution < -0.4 is 0 Å². The minimum atomic E-state index is -1.18. The van der Waals surface area contributed by atoms with Crippen LogP contribution in [0.3, 0.4) is 0 Å². The summed E-state index contributed by atoms with van der Waals surface area (Å²) in [5.74, 6) is 0.0481. The molecule has 2 aromatic rings. The van der Waals surface area contributed by atoms with Gasteiger partial charge in [0, 0.05) is 5.88 Å². The number of aryl methyl sites for hydroxylation is 1. The highest BCUT2D eigenvalue weighted by atomic mass is 35.5. The van der Waals surface area contributed by atoms with Crippen molar-refractivity contribution in [2.45, 2.75) is 18.9 Å². The van der Waals surface area contributed by atoms with E-state index in [2.05, 4.69) is 0 Å². The van der Waals surface area contributed by atoms with E-state index >= 15 is 0 Å². The molecule has 0 heterocycles. The molecular weight excluding hydrogens is 263 g/mol. The second kappa shape index (κ2) is 5.72. The lowest BCUT2D eigenvalue weighted by atomic mass is 9.83. The van der Waals surface area contributed by atoms with E-state index in [1.807, 2.05) is 30.3 Å². The lowest BCUT2D eigenvalue weighted by Gasteiger charge is -2.29. The molecule has 0 aliphatic rings. The Balaban J connectivity index is 2.52. The fourth-order valence-corrected chi connectivity index (χ4v) is 2.48. The van der Waals surface area contributed by atoms with E-state index in [4.69, 9.17) is 11.6 Å². The van der Waals surface area contributed by atoms with Gasteiger partial charge in [-0.15, -0.1) is 11.6 Å². The maximum absolute atomic E-state index is 13.4. The summed E-state index contributed by atoms with van der Waals surface area (Å²) in [5, 5.41) is 11.0. The minimum Gasteiger partial charge on any atom is -0.380 e. The van der Waals surface area contributed by atoms with E-state index in [0.717, 1.165) is 5.56 Å². The normalized spacial score (nSPS) is 14.1. The molecule has 100 valence electrons. The van der Waals surface area contributed by atoms with Gasteiger partial charge in [-0.2, -0.15) is 0 Å². The van der Waals surface area contributed by atoms with Gasteiger partial charge < -0.3 is 5.11 Å². The number of rotatable bonds is 4. The van der Waals surface area contributed by atoms with Gasteiger partial charge in [-0.1, -0.05) is 36.4 Å². The molecule has 0 radical (unpaired) electrons. The zero-order chi connectivity index (χ0) is 13.9. The van der Waals surface area contributed by atoms with Crippen molar-refractivity contribution in [2.75, 3.05) is 5.88 Å². The van der Waals surface area contributed by atoms with Crippen LogP contribution in [0.5, 0.6) is 0 Å². The Morgan fingerprint density at radius 2 is 1.79 bits per heavy atom. The number of aliphatic hydroxyl groups is 1. The van der Waals surface area contributed by atoms with Crippen molar-refractivity contribution < 1.29 is 9.50 Å². The smallest absolute Gasteiger partial charge is 0.126 e. The number of halogens is 2. The summed E-state index contributed by atoms with van der Waals surface area (Å²) in [7, 11) is 0. The lowest BCUT2D eigenvalue weighted by Crippen LogP contribution is -2.28. The fourth-order valence-electron chi connectivity index (χ4n) is 2.21. The SMILES string of the molecule is Cc1cc(C(O)(CCCl)c2ccccc2)ccc1F. The Hall–Kier alpha value is -1.38. The van der Waals surface area contributed by atoms with Gasteiger partial charge in [0.05, 0.1) is 0 Å². The van der Waals surface area contributed by atoms with Crippen LogP contribution in [-0.4, -0.2) is 11.0 Å². The van der Waals surface area contributed by atoms with Crippen molar-refractivity contribution in [1.82, 2.24) is 0 Å². The number of hydrogen-bond donors (Lipinski definition) is 1. The van der Waals surface area contributed by atoms with Gasteiger partial charge in [-0.3, -0.25) is 0 Å². The molecule has 0 fully saturated rings. The molecule has 2 rings (SSSR count). The van der Waals surface area contributed by atoms with Crippen LogP contribution in [0, 0.1) is 12.7 Å². The standard InChI is InChI=1S/C16H16ClFO/c1-12-11-14(7-8-15(12)18)16(19,9-10-17)13-5-3-2-4-6-13/h2-8,11,19H,9-10H2,1H3. The van der Waals surface area contributed by atoms with Crippen molar-refractivity contribution in [3.8, 4) is 0 Å². The van der Waals surface area contributed by atoms with Crippen LogP contribution in [0.25, 0.3) is 0 Å². The molecule has 0 aromatic heterocycles. The van der Waals surface area contributed by atoms with Gasteiger partial charge in [-0.05, 0) is 42.2 Å². The second-order valence-electron chi connectivity index (χ2n) is 4.63. The van der Waals surface area contributed by atoms with Crippen LogP contribution in [0.1, 0.15) is 23.1 Å². The highest BCUT2D eigenvalue weighted by molar-refractivity contribution is 6.17. The third-order valence-electron chi connectivity index (χ3n) is 3.34. The maximum Gasteiger partial charge on any atom is 0.126 e. The summed E-state index contributed by atoms with van der Waals surface area (Å²) in [6.07, 6.45) is 0.379. The molecule has 0 aliphatic carbocycles. The predicted molar refractivity (Wildman–Crippen MR) is 75.9 cm³/mol. The Morgan fingerprint density at radius 3 is 2.37 bits per heavy atom. The first-order valence-electron chi connectivity index (χ1n) is 6.18. The fraction of sp³-hybridized carbons (Fsp3) is 0.250. The molecule has 0 aliphatic heterocycles. The summed E-state index contributed by atoms with van der Waals surface area (Å²) < 4.78 is 13.4. The van der Waals surface area contributed by atoms with Gasteiger partial charge in [0.25, 0.3) is 0 Å². The Morgan fingerprint density at radius 1 is 1.11 bits per heavy atom. The first-order chi connectivity index (χ1) is 9.08. The molecule has 1 unspecified atom stereocenters. The maximum atomic E-state index is 13.4. The summed E-state index contributed by atoms with van der Waals surface area (Å²) in [4.78, 5) is 0. The topological polar surface area (TPSA) is 20.2 Å². The van der Waals surface area contributed by atoms with Crippen molar-refractivity contribution in [1.29, 1.82) is 0 Å². The molecule has 3 heteroatoms. The number of benzene rings is 2. The van der Waals surface area contributed by atoms with Crippen LogP contribution >= 0.6 is 11.6 Å². The molecular formula is C16H16ClFO. The van der Waals surface area contributed by atoms with E-state index < -0.39 is 5.60 Å². The molecule has 0 bridgehead atoms. The number of hydrogen-bond acceptors (Lipinski definition) is 1. The molecule has 0 saturated heterocycles. The minimum absolute atomic E-state index is 0.273. The second-order valence-corrected chi connectivity index (χ2v) is 5.01. The Kier molecular flexibility index (Phi) is 4.23. The number of alkyl halides is 1. The van der Waals surface area contributed by atoms with Gasteiger partial charge >= 0.3 is 0 Å². The van der Waals surface area contributed by atoms with Gasteiger partial charge in [-0.25, -0.2) is 4.39 Å². The first kappa shape index (κ1) is 14.0. The first-order valence-corrected chi connectivity index (χ1v) is 6.72. The summed E-state index contributed by atoms with van der Waals surface area (Å²) in [6.45, 7) is 1.69. The molecule has 0 saturated carbocycles. The molecule has 1 atom stereocenters. The zero-order valence-corrected chi connectivity index (χ0v) is 11.5. The van der Waals surface area contributed by atoms with Crippen molar-refractivity contribution in [2.24, 2.45) is 0 Å². The third kappa shape index (κ3) is 2.80. The van der Waals surface area contributed by atoms with Crippen molar-refractivity contribution in [3.05, 3.63) is 71.0 Å². The van der Waals surface area contributed by atoms with Gasteiger partial charge in [0.2, 0.25) is 0 Å². The van der Waals surface area contributed by atoms with Gasteiger partial charge in [0.15, 0.2) is 0 Å². The third-order valence-corrected chi connectivity index (χ3v) is 3.53. The molecule has 1 N–H and O–H groups in total. The summed E-state index contributed by atoms with van der Waals surface area (Å²) >= 11 is 5.82. The van der Waals surface area contributed by atoms with E-state index in [9.17, 15) is 9.50 Å². The van der Waals surface area contributed by atoms with Crippen molar-refractivity contribution in [3.63, 3.8) is 0 Å². The Bertz CT molecular complexity index is 556. The van der Waals surface area contributed by atoms with E-state index in [0.29, 0.717) is 23.4 Å². The molecule has 0 spiro atoms. The average molecular weight is 279 g/mol. The molecule has 1 nitrogen and oxygen atoms in total. The Labute approximate surface area is 117 Å². The highest BCUT2D eigenvalue weighted by Gasteiger charge is 2.31. The zero-order valence-electron chi connectivity index (χ0n) is 10.7. The molecule has 0 amide bonds. The molecule has 19 heavy (non-hydrogen) atoms. The van der Waals surface area contributed by atoms with Crippen LogP contribution in [0.4, 0.5) is 4.39 Å². The van der Waals surface area contributed by atoms with Gasteiger partial charge in [0.1, 0.15) is 11.4 Å². The quantitative estimate of drug-likeness (QED) is 0.838. The van der Waals surface area contributed by atoms with E-state index in [1.54, 1.807) is 19.1 Å². The summed E-state index contributed by atoms with van der Waals surface area (Å²) in [5.41, 5.74) is 0.767. The monoisotopic (exact) mass is 278 g/mol. The largest absolute Gasteiger partial charge is 0.380 e. The predicted octanol–water partition coefficient (Wildman–Crippen LogP) is 4.00. The average Bonchev–Trinajstić information content (AvgIpc) is 2.43. The highest BCUT2D eigenvalue weighted by Crippen LogP contribution is 2.34. The van der Waals surface area contributed by atoms with Crippen LogP contribution in [0.15, 0.2) is 48.5 Å². The summed E-state index contributed by atoms with van der Waals surface area (Å²) in [6, 6.07) is 14.0. The van der Waals surface area contributed by atoms with Crippen LogP contribution in [0.2, 0.25) is 0 Å². The van der Waals surface area contributed by atoms with Crippen LogP contribution in [-0.2, 0) is 5.60 Å². The molecule has 2 aromatic carbocycles. The van der Waals surface area contributed by atoms with E-state index in [-0.39, 0.29) is 5.82 Å². The van der Waals surface area contributed by atoms with E-state index in [1.165, 1.54) is 6.07 Å². The van der Waals surface area contributed by atoms with Crippen molar-refractivity contribution >= 4 is 11.6 Å².